The minimum Gasteiger partial charge on any atom is -0.494 e. The van der Waals surface area contributed by atoms with Crippen molar-refractivity contribution in [3.63, 3.8) is 0 Å². The quantitative estimate of drug-likeness (QED) is 0.540. The van der Waals surface area contributed by atoms with Crippen LogP contribution in [0.1, 0.15) is 44.2 Å². The van der Waals surface area contributed by atoms with Crippen molar-refractivity contribution in [2.45, 2.75) is 32.9 Å². The Hall–Kier alpha value is -3.39. The molecule has 172 valence electrons. The molecule has 0 unspecified atom stereocenters. The largest absolute Gasteiger partial charge is 0.494 e. The van der Waals surface area contributed by atoms with Crippen LogP contribution >= 0.6 is 12.2 Å². The molecular weight excluding hydrogens is 434 g/mol. The zero-order valence-corrected chi connectivity index (χ0v) is 20.3. The van der Waals surface area contributed by atoms with Gasteiger partial charge in [0.2, 0.25) is 5.91 Å². The molecular formula is C25H29N5O2S. The number of thiocarbonyl (C=S) groups is 1. The van der Waals surface area contributed by atoms with Gasteiger partial charge in [-0.2, -0.15) is 0 Å². The number of methoxy groups -OCH3 is 1. The van der Waals surface area contributed by atoms with E-state index >= 15 is 0 Å². The Morgan fingerprint density at radius 1 is 1.18 bits per heavy atom. The summed E-state index contributed by atoms with van der Waals surface area (Å²) >= 11 is 5.79. The van der Waals surface area contributed by atoms with E-state index in [0.717, 1.165) is 17.1 Å². The van der Waals surface area contributed by atoms with E-state index < -0.39 is 5.41 Å². The summed E-state index contributed by atoms with van der Waals surface area (Å²) in [6.07, 6.45) is 3.82. The summed E-state index contributed by atoms with van der Waals surface area (Å²) in [5, 5.41) is 7.03. The van der Waals surface area contributed by atoms with Crippen molar-refractivity contribution in [3.05, 3.63) is 72.3 Å². The summed E-state index contributed by atoms with van der Waals surface area (Å²) in [4.78, 5) is 19.2. The number of hydrogen-bond acceptors (Lipinski definition) is 4. The topological polar surface area (TPSA) is 71.4 Å². The number of amides is 1. The van der Waals surface area contributed by atoms with Crippen molar-refractivity contribution >= 4 is 34.6 Å². The fourth-order valence-corrected chi connectivity index (χ4v) is 4.30. The number of carbonyl (C=O) groups is 1. The number of nitrogens with zero attached hydrogens (tertiary/aromatic N) is 3. The summed E-state index contributed by atoms with van der Waals surface area (Å²) in [5.41, 5.74) is 2.98. The Labute approximate surface area is 199 Å². The van der Waals surface area contributed by atoms with Gasteiger partial charge in [0, 0.05) is 42.3 Å². The van der Waals surface area contributed by atoms with E-state index in [1.165, 1.54) is 0 Å². The minimum atomic E-state index is -0.516. The van der Waals surface area contributed by atoms with Crippen LogP contribution < -0.4 is 20.3 Å². The second kappa shape index (κ2) is 8.86. The Kier molecular flexibility index (Phi) is 6.12. The molecule has 3 heterocycles. The van der Waals surface area contributed by atoms with Gasteiger partial charge in [0.25, 0.3) is 0 Å². The molecule has 2 aromatic heterocycles. The van der Waals surface area contributed by atoms with Crippen molar-refractivity contribution in [2.24, 2.45) is 12.5 Å². The zero-order valence-electron chi connectivity index (χ0n) is 19.5. The minimum absolute atomic E-state index is 0.0798. The molecule has 0 saturated carbocycles. The predicted octanol–water partition coefficient (Wildman–Crippen LogP) is 4.59. The van der Waals surface area contributed by atoms with Crippen LogP contribution in [0.15, 0.2) is 60.9 Å². The zero-order chi connectivity index (χ0) is 23.8. The lowest BCUT2D eigenvalue weighted by molar-refractivity contribution is -0.123. The molecule has 7 nitrogen and oxygen atoms in total. The van der Waals surface area contributed by atoms with Crippen LogP contribution in [-0.4, -0.2) is 27.7 Å². The van der Waals surface area contributed by atoms with Gasteiger partial charge in [-0.15, -0.1) is 0 Å². The van der Waals surface area contributed by atoms with Crippen LogP contribution in [0.25, 0.3) is 0 Å². The highest BCUT2D eigenvalue weighted by atomic mass is 32.1. The summed E-state index contributed by atoms with van der Waals surface area (Å²) in [6, 6.07) is 15.5. The molecule has 8 heteroatoms. The lowest BCUT2D eigenvalue weighted by Crippen LogP contribution is -2.30. The van der Waals surface area contributed by atoms with E-state index in [2.05, 4.69) is 31.2 Å². The van der Waals surface area contributed by atoms with Crippen LogP contribution in [0.3, 0.4) is 0 Å². The Morgan fingerprint density at radius 2 is 1.97 bits per heavy atom. The molecule has 0 aliphatic carbocycles. The molecule has 1 aliphatic heterocycles. The Balaban J connectivity index is 1.75. The van der Waals surface area contributed by atoms with Crippen molar-refractivity contribution in [3.8, 4) is 5.75 Å². The number of benzene rings is 1. The molecule has 4 rings (SSSR count). The predicted molar refractivity (Wildman–Crippen MR) is 134 cm³/mol. The van der Waals surface area contributed by atoms with Crippen molar-refractivity contribution < 1.29 is 9.53 Å². The van der Waals surface area contributed by atoms with E-state index in [1.807, 2.05) is 76.5 Å². The number of aryl methyl sites for hydroxylation is 1. The van der Waals surface area contributed by atoms with Crippen molar-refractivity contribution in [1.29, 1.82) is 0 Å². The van der Waals surface area contributed by atoms with Gasteiger partial charge < -0.3 is 24.8 Å². The third-order valence-corrected chi connectivity index (χ3v) is 6.09. The molecule has 0 spiro atoms. The van der Waals surface area contributed by atoms with Crippen LogP contribution in [0, 0.1) is 5.41 Å². The summed E-state index contributed by atoms with van der Waals surface area (Å²) < 4.78 is 7.73. The van der Waals surface area contributed by atoms with Crippen LogP contribution in [0.4, 0.5) is 11.4 Å². The van der Waals surface area contributed by atoms with Gasteiger partial charge in [-0.3, -0.25) is 9.78 Å². The number of ether oxygens (including phenoxy) is 1. The highest BCUT2D eigenvalue weighted by Crippen LogP contribution is 2.43. The van der Waals surface area contributed by atoms with Gasteiger partial charge in [0.15, 0.2) is 5.11 Å². The third-order valence-electron chi connectivity index (χ3n) is 5.78. The normalized spacial score (nSPS) is 18.2. The smallest absolute Gasteiger partial charge is 0.229 e. The number of rotatable bonds is 5. The number of pyridine rings is 1. The number of hydrogen-bond donors (Lipinski definition) is 2. The number of aromatic nitrogens is 2. The van der Waals surface area contributed by atoms with Gasteiger partial charge >= 0.3 is 0 Å². The molecule has 0 radical (unpaired) electrons. The highest BCUT2D eigenvalue weighted by Gasteiger charge is 2.42. The Bertz CT molecular complexity index is 1170. The maximum absolute atomic E-state index is 12.5. The van der Waals surface area contributed by atoms with Crippen molar-refractivity contribution in [1.82, 2.24) is 14.9 Å². The average Bonchev–Trinajstić information content (AvgIpc) is 3.36. The molecule has 1 saturated heterocycles. The summed E-state index contributed by atoms with van der Waals surface area (Å²) in [7, 11) is 3.62. The van der Waals surface area contributed by atoms with E-state index in [4.69, 9.17) is 17.0 Å². The molecule has 33 heavy (non-hydrogen) atoms. The number of carbonyl (C=O) groups excluding carboxylic acids is 1. The number of nitrogens with one attached hydrogen (secondary N) is 2. The number of anilines is 2. The highest BCUT2D eigenvalue weighted by molar-refractivity contribution is 7.80. The lowest BCUT2D eigenvalue weighted by atomic mass is 9.95. The van der Waals surface area contributed by atoms with Crippen molar-refractivity contribution in [2.75, 3.05) is 17.3 Å². The lowest BCUT2D eigenvalue weighted by Gasteiger charge is -2.29. The fourth-order valence-electron chi connectivity index (χ4n) is 3.96. The first-order valence-electron chi connectivity index (χ1n) is 10.8. The average molecular weight is 464 g/mol. The van der Waals surface area contributed by atoms with Crippen LogP contribution in [0.5, 0.6) is 5.75 Å². The van der Waals surface area contributed by atoms with Crippen LogP contribution in [0.2, 0.25) is 0 Å². The van der Waals surface area contributed by atoms with Gasteiger partial charge in [0.05, 0.1) is 24.5 Å². The molecule has 1 aliphatic rings. The maximum atomic E-state index is 12.5. The van der Waals surface area contributed by atoms with Crippen LogP contribution in [-0.2, 0) is 11.8 Å². The van der Waals surface area contributed by atoms with E-state index in [9.17, 15) is 4.79 Å². The maximum Gasteiger partial charge on any atom is 0.229 e. The molecule has 3 aromatic rings. The molecule has 1 fully saturated rings. The summed E-state index contributed by atoms with van der Waals surface area (Å²) in [6.45, 7) is 5.62. The standard InChI is InChI=1S/C25H29N5O2S/c1-25(2,3)23(31)27-17-12-11-16(15-20(17)32-5)30-22(19-10-8-14-29(19)4)21(28-24(30)33)18-9-6-7-13-26-18/h6-15,21-22H,1-5H3,(H,27,31)(H,28,33)/t21-,22-/m0/s1. The summed E-state index contributed by atoms with van der Waals surface area (Å²) in [5.74, 6) is 0.489. The second-order valence-electron chi connectivity index (χ2n) is 9.13. The van der Waals surface area contributed by atoms with Gasteiger partial charge in [-0.05, 0) is 48.6 Å². The molecule has 1 aromatic carbocycles. The molecule has 1 amide bonds. The van der Waals surface area contributed by atoms with E-state index in [0.29, 0.717) is 16.5 Å². The third kappa shape index (κ3) is 4.43. The molecule has 2 atom stereocenters. The fraction of sp³-hybridized carbons (Fsp3) is 0.320. The first-order valence-corrected chi connectivity index (χ1v) is 11.2. The van der Waals surface area contributed by atoms with Gasteiger partial charge in [-0.25, -0.2) is 0 Å². The van der Waals surface area contributed by atoms with E-state index in [-0.39, 0.29) is 18.0 Å². The van der Waals surface area contributed by atoms with E-state index in [1.54, 1.807) is 13.3 Å². The first kappa shape index (κ1) is 22.8. The monoisotopic (exact) mass is 463 g/mol. The second-order valence-corrected chi connectivity index (χ2v) is 9.52. The first-order chi connectivity index (χ1) is 15.7. The SMILES string of the molecule is COc1cc(N2C(=S)N[C@@H](c3ccccn3)[C@@H]2c2cccn2C)ccc1NC(=O)C(C)(C)C. The van der Waals surface area contributed by atoms with Gasteiger partial charge in [-0.1, -0.05) is 26.8 Å². The Morgan fingerprint density at radius 3 is 2.58 bits per heavy atom. The van der Waals surface area contributed by atoms with Gasteiger partial charge in [0.1, 0.15) is 11.8 Å². The molecule has 0 bridgehead atoms. The molecule has 2 N–H and O–H groups in total.